The van der Waals surface area contributed by atoms with Crippen LogP contribution in [0.25, 0.3) is 21.5 Å². The van der Waals surface area contributed by atoms with Gasteiger partial charge in [-0.1, -0.05) is 36.4 Å². The Morgan fingerprint density at radius 1 is 1.07 bits per heavy atom. The Morgan fingerprint density at radius 3 is 2.64 bits per heavy atom. The van der Waals surface area contributed by atoms with Crippen LogP contribution >= 0.6 is 23.1 Å². The Bertz CT molecular complexity index is 1070. The fourth-order valence-electron chi connectivity index (χ4n) is 3.35. The number of nitrogens with one attached hydrogen (secondary N) is 1. The number of rotatable bonds is 7. The highest BCUT2D eigenvalue weighted by molar-refractivity contribution is 7.98. The van der Waals surface area contributed by atoms with E-state index in [9.17, 15) is 4.79 Å². The van der Waals surface area contributed by atoms with Crippen molar-refractivity contribution in [3.05, 3.63) is 77.7 Å². The van der Waals surface area contributed by atoms with E-state index >= 15 is 0 Å². The number of amides is 1. The second-order valence-corrected chi connectivity index (χ2v) is 8.43. The summed E-state index contributed by atoms with van der Waals surface area (Å²) in [6, 6.07) is 23.1. The molecule has 0 spiro atoms. The fraction of sp³-hybridized carbons (Fsp3) is 0.174. The summed E-state index contributed by atoms with van der Waals surface area (Å²) in [6.07, 6.45) is 2.91. The molecule has 0 fully saturated rings. The number of hydrogen-bond donors (Lipinski definition) is 1. The van der Waals surface area contributed by atoms with E-state index < -0.39 is 0 Å². The molecule has 0 aliphatic heterocycles. The zero-order valence-corrected chi connectivity index (χ0v) is 17.4. The van der Waals surface area contributed by atoms with Crippen LogP contribution < -0.4 is 5.32 Å². The molecule has 2 heterocycles. The summed E-state index contributed by atoms with van der Waals surface area (Å²) in [5, 5.41) is 6.30. The molecule has 28 heavy (non-hydrogen) atoms. The Balaban J connectivity index is 1.45. The van der Waals surface area contributed by atoms with Crippen LogP contribution in [0.15, 0.2) is 77.0 Å². The third-order valence-electron chi connectivity index (χ3n) is 4.78. The molecule has 1 amide bonds. The normalized spacial score (nSPS) is 11.0. The van der Waals surface area contributed by atoms with Crippen molar-refractivity contribution in [1.82, 2.24) is 9.88 Å². The number of fused-ring (bicyclic) bond motifs is 1. The van der Waals surface area contributed by atoms with Gasteiger partial charge in [0.2, 0.25) is 5.91 Å². The number of carbonyl (C=O) groups is 1. The number of benzene rings is 2. The quantitative estimate of drug-likeness (QED) is 0.414. The lowest BCUT2D eigenvalue weighted by Crippen LogP contribution is -2.29. The van der Waals surface area contributed by atoms with E-state index in [1.165, 1.54) is 15.3 Å². The van der Waals surface area contributed by atoms with Crippen LogP contribution in [0.5, 0.6) is 0 Å². The van der Waals surface area contributed by atoms with Gasteiger partial charge in [0.05, 0.1) is 10.6 Å². The van der Waals surface area contributed by atoms with Gasteiger partial charge in [0.25, 0.3) is 0 Å². The van der Waals surface area contributed by atoms with Gasteiger partial charge in [0.15, 0.2) is 0 Å². The van der Waals surface area contributed by atoms with Crippen molar-refractivity contribution >= 4 is 39.9 Å². The van der Waals surface area contributed by atoms with E-state index in [2.05, 4.69) is 70.1 Å². The van der Waals surface area contributed by atoms with Gasteiger partial charge in [0, 0.05) is 22.3 Å². The highest BCUT2D eigenvalue weighted by atomic mass is 32.2. The maximum Gasteiger partial charge on any atom is 0.239 e. The first-order valence-electron chi connectivity index (χ1n) is 9.26. The average molecular weight is 407 g/mol. The second-order valence-electron chi connectivity index (χ2n) is 6.60. The van der Waals surface area contributed by atoms with Gasteiger partial charge >= 0.3 is 0 Å². The lowest BCUT2D eigenvalue weighted by atomic mass is 10.1. The summed E-state index contributed by atoms with van der Waals surface area (Å²) in [5.74, 6) is 0.0416. The smallest absolute Gasteiger partial charge is 0.239 e. The molecule has 2 aromatic carbocycles. The molecule has 0 saturated carbocycles. The van der Waals surface area contributed by atoms with E-state index in [4.69, 9.17) is 0 Å². The standard InChI is InChI=1S/C23H22N2OS2/c1-27-19-10-8-17(9-11-19)12-13-24-23(26)16-25-20-6-3-2-5-18(20)15-21(25)22-7-4-14-28-22/h2-11,14-15H,12-13,16H2,1H3,(H,24,26). The molecular weight excluding hydrogens is 384 g/mol. The van der Waals surface area contributed by atoms with E-state index in [-0.39, 0.29) is 5.91 Å². The highest BCUT2D eigenvalue weighted by Crippen LogP contribution is 2.31. The summed E-state index contributed by atoms with van der Waals surface area (Å²) in [4.78, 5) is 15.1. The first-order chi connectivity index (χ1) is 13.7. The first kappa shape index (κ1) is 18.8. The van der Waals surface area contributed by atoms with E-state index in [0.717, 1.165) is 23.0 Å². The van der Waals surface area contributed by atoms with Crippen molar-refractivity contribution in [2.45, 2.75) is 17.9 Å². The summed E-state index contributed by atoms with van der Waals surface area (Å²) < 4.78 is 2.11. The molecule has 0 atom stereocenters. The molecule has 3 nitrogen and oxygen atoms in total. The monoisotopic (exact) mass is 406 g/mol. The number of para-hydroxylation sites is 1. The van der Waals surface area contributed by atoms with Gasteiger partial charge in [-0.05, 0) is 54.0 Å². The van der Waals surface area contributed by atoms with E-state index in [1.54, 1.807) is 23.1 Å². The van der Waals surface area contributed by atoms with Crippen LogP contribution in [0.1, 0.15) is 5.56 Å². The van der Waals surface area contributed by atoms with E-state index in [1.807, 2.05) is 18.2 Å². The SMILES string of the molecule is CSc1ccc(CCNC(=O)Cn2c(-c3cccs3)cc3ccccc32)cc1. The molecule has 0 bridgehead atoms. The van der Waals surface area contributed by atoms with Crippen molar-refractivity contribution < 1.29 is 4.79 Å². The first-order valence-corrected chi connectivity index (χ1v) is 11.4. The number of nitrogens with zero attached hydrogens (tertiary/aromatic N) is 1. The number of hydrogen-bond acceptors (Lipinski definition) is 3. The summed E-state index contributed by atoms with van der Waals surface area (Å²) in [5.41, 5.74) is 3.43. The number of carbonyl (C=O) groups excluding carboxylic acids is 1. The van der Waals surface area contributed by atoms with Crippen LogP contribution in [-0.2, 0) is 17.8 Å². The van der Waals surface area contributed by atoms with Crippen LogP contribution in [0.3, 0.4) is 0 Å². The molecule has 0 saturated heterocycles. The Kier molecular flexibility index (Phi) is 5.84. The van der Waals surface area contributed by atoms with E-state index in [0.29, 0.717) is 13.1 Å². The van der Waals surface area contributed by atoms with Crippen LogP contribution in [-0.4, -0.2) is 23.3 Å². The number of thiophene rings is 1. The van der Waals surface area contributed by atoms with Gasteiger partial charge in [-0.25, -0.2) is 0 Å². The van der Waals surface area contributed by atoms with Gasteiger partial charge in [-0.3, -0.25) is 4.79 Å². The second kappa shape index (κ2) is 8.67. The zero-order chi connectivity index (χ0) is 19.3. The average Bonchev–Trinajstić information content (AvgIpc) is 3.37. The molecule has 4 rings (SSSR count). The minimum absolute atomic E-state index is 0.0416. The molecular formula is C23H22N2OS2. The van der Waals surface area contributed by atoms with Crippen molar-refractivity contribution in [2.75, 3.05) is 12.8 Å². The van der Waals surface area contributed by atoms with Crippen molar-refractivity contribution in [1.29, 1.82) is 0 Å². The topological polar surface area (TPSA) is 34.0 Å². The summed E-state index contributed by atoms with van der Waals surface area (Å²) >= 11 is 3.43. The zero-order valence-electron chi connectivity index (χ0n) is 15.7. The van der Waals surface area contributed by atoms with Gasteiger partial charge in [0.1, 0.15) is 6.54 Å². The van der Waals surface area contributed by atoms with Crippen molar-refractivity contribution in [3.8, 4) is 10.6 Å². The Hall–Kier alpha value is -2.50. The predicted octanol–water partition coefficient (Wildman–Crippen LogP) is 5.45. The Morgan fingerprint density at radius 2 is 1.89 bits per heavy atom. The lowest BCUT2D eigenvalue weighted by molar-refractivity contribution is -0.121. The molecule has 0 aliphatic rings. The minimum Gasteiger partial charge on any atom is -0.354 e. The van der Waals surface area contributed by atoms with Crippen LogP contribution in [0.4, 0.5) is 0 Å². The molecule has 2 aromatic heterocycles. The largest absolute Gasteiger partial charge is 0.354 e. The predicted molar refractivity (Wildman–Crippen MR) is 120 cm³/mol. The van der Waals surface area contributed by atoms with Crippen LogP contribution in [0.2, 0.25) is 0 Å². The molecule has 4 aromatic rings. The lowest BCUT2D eigenvalue weighted by Gasteiger charge is -2.11. The third-order valence-corrected chi connectivity index (χ3v) is 6.42. The fourth-order valence-corrected chi connectivity index (χ4v) is 4.51. The summed E-state index contributed by atoms with van der Waals surface area (Å²) in [6.45, 7) is 0.969. The molecule has 5 heteroatoms. The Labute approximate surface area is 173 Å². The maximum absolute atomic E-state index is 12.6. The third kappa shape index (κ3) is 4.16. The molecule has 0 radical (unpaired) electrons. The van der Waals surface area contributed by atoms with Gasteiger partial charge < -0.3 is 9.88 Å². The van der Waals surface area contributed by atoms with Crippen molar-refractivity contribution in [2.24, 2.45) is 0 Å². The molecule has 0 aliphatic carbocycles. The minimum atomic E-state index is 0.0416. The van der Waals surface area contributed by atoms with Crippen LogP contribution in [0, 0.1) is 0 Å². The molecule has 142 valence electrons. The highest BCUT2D eigenvalue weighted by Gasteiger charge is 2.14. The van der Waals surface area contributed by atoms with Gasteiger partial charge in [-0.15, -0.1) is 23.1 Å². The number of aromatic nitrogens is 1. The summed E-state index contributed by atoms with van der Waals surface area (Å²) in [7, 11) is 0. The maximum atomic E-state index is 12.6. The van der Waals surface area contributed by atoms with Gasteiger partial charge in [-0.2, -0.15) is 0 Å². The molecule has 0 unspecified atom stereocenters. The van der Waals surface area contributed by atoms with Crippen molar-refractivity contribution in [3.63, 3.8) is 0 Å². The number of thioether (sulfide) groups is 1. The molecule has 1 N–H and O–H groups in total.